The van der Waals surface area contributed by atoms with E-state index < -0.39 is 5.82 Å². The smallest absolute Gasteiger partial charge is 0.188 e. The number of nitrogens with one attached hydrogen (secondary N) is 1. The first-order valence-electron chi connectivity index (χ1n) is 5.72. The Morgan fingerprint density at radius 3 is 2.95 bits per heavy atom. The van der Waals surface area contributed by atoms with E-state index in [1.165, 1.54) is 18.3 Å². The van der Waals surface area contributed by atoms with E-state index in [-0.39, 0.29) is 11.5 Å². The molecule has 0 saturated carbocycles. The van der Waals surface area contributed by atoms with E-state index in [9.17, 15) is 4.39 Å². The molecule has 0 spiro atoms. The molecule has 0 aliphatic heterocycles. The minimum atomic E-state index is -0.428. The van der Waals surface area contributed by atoms with Crippen LogP contribution in [0, 0.1) is 5.82 Å². The molecule has 0 aliphatic carbocycles. The van der Waals surface area contributed by atoms with Crippen LogP contribution in [0.1, 0.15) is 11.3 Å². The van der Waals surface area contributed by atoms with Crippen LogP contribution in [-0.4, -0.2) is 16.0 Å². The zero-order valence-electron chi connectivity index (χ0n) is 10.3. The molecule has 1 heterocycles. The molecule has 0 radical (unpaired) electrons. The van der Waals surface area contributed by atoms with Crippen molar-refractivity contribution in [3.05, 3.63) is 58.6 Å². The number of para-hydroxylation sites is 1. The summed E-state index contributed by atoms with van der Waals surface area (Å²) < 4.78 is 13.6. The van der Waals surface area contributed by atoms with Crippen molar-refractivity contribution in [3.63, 3.8) is 0 Å². The van der Waals surface area contributed by atoms with Crippen LogP contribution in [0.25, 0.3) is 0 Å². The monoisotopic (exact) mass is 294 g/mol. The number of hydrogen-bond donors (Lipinski definition) is 3. The third kappa shape index (κ3) is 3.16. The van der Waals surface area contributed by atoms with E-state index in [0.717, 1.165) is 5.56 Å². The average molecular weight is 295 g/mol. The second-order valence-electron chi connectivity index (χ2n) is 3.98. The van der Waals surface area contributed by atoms with E-state index in [2.05, 4.69) is 15.5 Å². The summed E-state index contributed by atoms with van der Waals surface area (Å²) in [7, 11) is 0. The Labute approximate surface area is 119 Å². The summed E-state index contributed by atoms with van der Waals surface area (Å²) in [6, 6.07) is 7.82. The highest BCUT2D eigenvalue weighted by molar-refractivity contribution is 6.33. The molecule has 0 unspecified atom stereocenters. The van der Waals surface area contributed by atoms with Crippen molar-refractivity contribution in [2.24, 2.45) is 10.9 Å². The first-order valence-corrected chi connectivity index (χ1v) is 6.10. The van der Waals surface area contributed by atoms with Crippen LogP contribution >= 0.6 is 11.6 Å². The van der Waals surface area contributed by atoms with Crippen molar-refractivity contribution in [3.8, 4) is 0 Å². The minimum Gasteiger partial charge on any atom is -0.409 e. The van der Waals surface area contributed by atoms with Crippen molar-refractivity contribution in [2.45, 2.75) is 6.54 Å². The van der Waals surface area contributed by atoms with Gasteiger partial charge in [0.15, 0.2) is 5.84 Å². The normalized spacial score (nSPS) is 11.4. The number of aromatic nitrogens is 1. The Morgan fingerprint density at radius 2 is 2.25 bits per heavy atom. The second-order valence-corrected chi connectivity index (χ2v) is 4.39. The van der Waals surface area contributed by atoms with Crippen LogP contribution in [-0.2, 0) is 6.54 Å². The van der Waals surface area contributed by atoms with E-state index in [4.69, 9.17) is 22.5 Å². The van der Waals surface area contributed by atoms with Crippen LogP contribution in [0.2, 0.25) is 5.02 Å². The Hall–Kier alpha value is -2.34. The van der Waals surface area contributed by atoms with Crippen molar-refractivity contribution in [1.29, 1.82) is 0 Å². The maximum absolute atomic E-state index is 13.6. The molecule has 2 aromatic rings. The number of benzene rings is 1. The highest BCUT2D eigenvalue weighted by Crippen LogP contribution is 2.25. The minimum absolute atomic E-state index is 0.0872. The molecule has 20 heavy (non-hydrogen) atoms. The number of hydrogen-bond acceptors (Lipinski definition) is 4. The quantitative estimate of drug-likeness (QED) is 0.350. The van der Waals surface area contributed by atoms with Gasteiger partial charge in [-0.2, -0.15) is 0 Å². The third-order valence-corrected chi connectivity index (χ3v) is 2.94. The molecular weight excluding hydrogens is 283 g/mol. The molecule has 0 saturated heterocycles. The molecule has 0 bridgehead atoms. The van der Waals surface area contributed by atoms with Crippen LogP contribution in [0.5, 0.6) is 0 Å². The fourth-order valence-corrected chi connectivity index (χ4v) is 1.86. The van der Waals surface area contributed by atoms with E-state index in [1.807, 2.05) is 0 Å². The van der Waals surface area contributed by atoms with Gasteiger partial charge in [0.2, 0.25) is 0 Å². The maximum Gasteiger partial charge on any atom is 0.188 e. The molecule has 2 rings (SSSR count). The van der Waals surface area contributed by atoms with E-state index in [0.29, 0.717) is 17.3 Å². The lowest BCUT2D eigenvalue weighted by Crippen LogP contribution is -2.15. The van der Waals surface area contributed by atoms with E-state index in [1.54, 1.807) is 18.2 Å². The number of nitrogens with zero attached hydrogens (tertiary/aromatic N) is 2. The van der Waals surface area contributed by atoms with Gasteiger partial charge in [-0.05, 0) is 29.8 Å². The molecular formula is C13H12ClFN4O. The number of halogens is 2. The van der Waals surface area contributed by atoms with Gasteiger partial charge in [0, 0.05) is 12.7 Å². The largest absolute Gasteiger partial charge is 0.409 e. The van der Waals surface area contributed by atoms with Crippen molar-refractivity contribution < 1.29 is 9.60 Å². The van der Waals surface area contributed by atoms with Gasteiger partial charge < -0.3 is 16.3 Å². The summed E-state index contributed by atoms with van der Waals surface area (Å²) in [5.74, 6) is -0.515. The summed E-state index contributed by atoms with van der Waals surface area (Å²) in [6.45, 7) is 0.328. The summed E-state index contributed by atoms with van der Waals surface area (Å²) in [6.07, 6.45) is 1.52. The Bertz CT molecular complexity index is 628. The Kier molecular flexibility index (Phi) is 4.37. The Morgan fingerprint density at radius 1 is 1.45 bits per heavy atom. The summed E-state index contributed by atoms with van der Waals surface area (Å²) >= 11 is 5.91. The average Bonchev–Trinajstić information content (AvgIpc) is 2.46. The van der Waals surface area contributed by atoms with Crippen LogP contribution < -0.4 is 11.1 Å². The molecule has 104 valence electrons. The van der Waals surface area contributed by atoms with Gasteiger partial charge in [0.25, 0.3) is 0 Å². The van der Waals surface area contributed by atoms with Crippen LogP contribution in [0.15, 0.2) is 41.7 Å². The van der Waals surface area contributed by atoms with Gasteiger partial charge in [-0.3, -0.25) is 4.98 Å². The molecule has 0 fully saturated rings. The summed E-state index contributed by atoms with van der Waals surface area (Å²) in [4.78, 5) is 3.96. The standard InChI is InChI=1S/C13H12ClFN4O/c14-9-2-1-3-10(15)12(9)18-7-8-4-5-17-11(6-8)13(16)19-20/h1-6,18,20H,7H2,(H2,16,19). The fourth-order valence-electron chi connectivity index (χ4n) is 1.63. The predicted molar refractivity (Wildman–Crippen MR) is 75.5 cm³/mol. The van der Waals surface area contributed by atoms with Gasteiger partial charge in [-0.1, -0.05) is 22.8 Å². The second kappa shape index (κ2) is 6.21. The van der Waals surface area contributed by atoms with Gasteiger partial charge in [-0.15, -0.1) is 0 Å². The highest BCUT2D eigenvalue weighted by atomic mass is 35.5. The lowest BCUT2D eigenvalue weighted by atomic mass is 10.2. The number of rotatable bonds is 4. The van der Waals surface area contributed by atoms with Crippen molar-refractivity contribution in [2.75, 3.05) is 5.32 Å². The molecule has 1 aromatic carbocycles. The van der Waals surface area contributed by atoms with Gasteiger partial charge in [0.05, 0.1) is 10.7 Å². The highest BCUT2D eigenvalue weighted by Gasteiger charge is 2.07. The molecule has 1 aromatic heterocycles. The van der Waals surface area contributed by atoms with Crippen LogP contribution in [0.4, 0.5) is 10.1 Å². The number of pyridine rings is 1. The topological polar surface area (TPSA) is 83.5 Å². The van der Waals surface area contributed by atoms with Crippen LogP contribution in [0.3, 0.4) is 0 Å². The van der Waals surface area contributed by atoms with Gasteiger partial charge in [0.1, 0.15) is 11.5 Å². The lowest BCUT2D eigenvalue weighted by molar-refractivity contribution is 0.318. The Balaban J connectivity index is 2.15. The molecule has 7 heteroatoms. The molecule has 0 atom stereocenters. The van der Waals surface area contributed by atoms with Gasteiger partial charge >= 0.3 is 0 Å². The first kappa shape index (κ1) is 14.1. The van der Waals surface area contributed by atoms with Crippen molar-refractivity contribution in [1.82, 2.24) is 4.98 Å². The SMILES string of the molecule is N/C(=N/O)c1cc(CNc2c(F)cccc2Cl)ccn1. The molecule has 5 nitrogen and oxygen atoms in total. The maximum atomic E-state index is 13.6. The molecule has 4 N–H and O–H groups in total. The fraction of sp³-hybridized carbons (Fsp3) is 0.0769. The number of oxime groups is 1. The predicted octanol–water partition coefficient (Wildman–Crippen LogP) is 2.58. The lowest BCUT2D eigenvalue weighted by Gasteiger charge is -2.10. The van der Waals surface area contributed by atoms with Gasteiger partial charge in [-0.25, -0.2) is 4.39 Å². The zero-order chi connectivity index (χ0) is 14.5. The van der Waals surface area contributed by atoms with E-state index >= 15 is 0 Å². The molecule has 0 aliphatic rings. The number of anilines is 1. The summed E-state index contributed by atoms with van der Waals surface area (Å²) in [5.41, 5.74) is 6.82. The molecule has 0 amide bonds. The summed E-state index contributed by atoms with van der Waals surface area (Å²) in [5, 5.41) is 14.7. The third-order valence-electron chi connectivity index (χ3n) is 2.63. The van der Waals surface area contributed by atoms with Crippen molar-refractivity contribution >= 4 is 23.1 Å². The number of nitrogens with two attached hydrogens (primary N) is 1. The number of amidine groups is 1. The zero-order valence-corrected chi connectivity index (χ0v) is 11.1. The first-order chi connectivity index (χ1) is 9.61.